The molecule has 0 bridgehead atoms. The fraction of sp³-hybridized carbons (Fsp3) is 0.115. The molecular formula is C52H46N6O12S4. The smallest absolute Gasteiger partial charge is 0.264 e. The van der Waals surface area contributed by atoms with Gasteiger partial charge in [-0.05, 0) is 147 Å². The summed E-state index contributed by atoms with van der Waals surface area (Å²) in [5.41, 5.74) is 5.38. The minimum absolute atomic E-state index is 0.0139. The molecule has 0 atom stereocenters. The monoisotopic (exact) mass is 1070 g/mol. The molecule has 0 spiro atoms. The summed E-state index contributed by atoms with van der Waals surface area (Å²) in [5.74, 6) is 0.0389. The summed E-state index contributed by atoms with van der Waals surface area (Å²) in [5, 5.41) is 6.11. The molecule has 2 heterocycles. The molecule has 0 aliphatic carbocycles. The molecule has 6 N–H and O–H groups in total. The Morgan fingerprint density at radius 3 is 1.04 bits per heavy atom. The number of benzene rings is 8. The van der Waals surface area contributed by atoms with E-state index >= 15 is 0 Å². The van der Waals surface area contributed by atoms with Crippen LogP contribution in [0.3, 0.4) is 0 Å². The molecule has 74 heavy (non-hydrogen) atoms. The standard InChI is InChI=1S/C27H25N3O5S2.C25H21N3O7S2/c1-15-8-10-19(12-17(15)3)29-36(32,33)23-14-24(26-25-21(23)6-5-7-22(25)27(31)28-26)37(34,35)30-20-11-9-16(2)18(4)13-20;1-34-17-10-6-15(7-11-17)27-36(30,31)21-14-22(24-23-19(21)4-3-5-20(23)25(29)26-24)37(32,33)28-16-8-12-18(35-2)13-9-16/h5-14,29-30H,1-4H3,(H,28,31);3-14,27-28H,1-2H3,(H,26,29). The van der Waals surface area contributed by atoms with Crippen LogP contribution >= 0.6 is 0 Å². The number of carbonyl (C=O) groups excluding carboxylic acids is 2. The number of rotatable bonds is 14. The Morgan fingerprint density at radius 2 is 0.703 bits per heavy atom. The first kappa shape index (κ1) is 50.7. The van der Waals surface area contributed by atoms with E-state index in [1.807, 2.05) is 27.7 Å². The number of hydrogen-bond donors (Lipinski definition) is 6. The van der Waals surface area contributed by atoms with Gasteiger partial charge in [-0.25, -0.2) is 33.7 Å². The molecule has 10 rings (SSSR count). The lowest BCUT2D eigenvalue weighted by atomic mass is 10.1. The van der Waals surface area contributed by atoms with E-state index in [1.54, 1.807) is 78.9 Å². The Hall–Kier alpha value is -8.18. The molecule has 0 unspecified atom stereocenters. The first-order chi connectivity index (χ1) is 35.0. The Bertz CT molecular complexity index is 4130. The van der Waals surface area contributed by atoms with Gasteiger partial charge in [-0.1, -0.05) is 36.4 Å². The molecule has 22 heteroatoms. The molecule has 380 valence electrons. The maximum Gasteiger partial charge on any atom is 0.264 e. The number of aryl methyl sites for hydroxylation is 4. The minimum Gasteiger partial charge on any atom is -0.497 e. The van der Waals surface area contributed by atoms with Crippen LogP contribution in [0.15, 0.2) is 153 Å². The first-order valence-electron chi connectivity index (χ1n) is 22.4. The summed E-state index contributed by atoms with van der Waals surface area (Å²) >= 11 is 0. The van der Waals surface area contributed by atoms with Crippen molar-refractivity contribution in [2.45, 2.75) is 47.3 Å². The third-order valence-electron chi connectivity index (χ3n) is 12.5. The summed E-state index contributed by atoms with van der Waals surface area (Å²) in [6, 6.07) is 34.0. The number of anilines is 6. The molecule has 8 aromatic rings. The molecule has 2 aliphatic rings. The lowest BCUT2D eigenvalue weighted by Crippen LogP contribution is -2.18. The van der Waals surface area contributed by atoms with Crippen LogP contribution in [0.5, 0.6) is 11.5 Å². The van der Waals surface area contributed by atoms with Gasteiger partial charge in [-0.2, -0.15) is 0 Å². The first-order valence-corrected chi connectivity index (χ1v) is 28.3. The average molecular weight is 1080 g/mol. The highest BCUT2D eigenvalue weighted by molar-refractivity contribution is 7.94. The van der Waals surface area contributed by atoms with Crippen molar-refractivity contribution in [3.8, 4) is 11.5 Å². The summed E-state index contributed by atoms with van der Waals surface area (Å²) in [7, 11) is -14.2. The fourth-order valence-corrected chi connectivity index (χ4v) is 13.7. The van der Waals surface area contributed by atoms with Crippen LogP contribution in [0, 0.1) is 27.7 Å². The van der Waals surface area contributed by atoms with Gasteiger partial charge in [0.15, 0.2) is 0 Å². The predicted octanol–water partition coefficient (Wildman–Crippen LogP) is 9.27. The summed E-state index contributed by atoms with van der Waals surface area (Å²) in [6.07, 6.45) is 0. The second-order valence-electron chi connectivity index (χ2n) is 17.3. The zero-order valence-electron chi connectivity index (χ0n) is 40.2. The van der Waals surface area contributed by atoms with Gasteiger partial charge in [0.05, 0.1) is 35.4 Å². The van der Waals surface area contributed by atoms with E-state index in [2.05, 4.69) is 29.5 Å². The SMILES string of the molecule is COc1ccc(NS(=O)(=O)c2cc(S(=O)(=O)Nc3ccc(OC)cc3)c3cccc4c3c2NC4=O)cc1.Cc1ccc(NS(=O)(=O)c2cc(S(=O)(=O)Nc3ccc(C)c(C)c3)c3cccc4c3c2NC4=O)cc1C. The Morgan fingerprint density at radius 1 is 0.378 bits per heavy atom. The van der Waals surface area contributed by atoms with Gasteiger partial charge in [0.1, 0.15) is 21.3 Å². The van der Waals surface area contributed by atoms with Gasteiger partial charge in [0, 0.05) is 55.4 Å². The fourth-order valence-electron chi connectivity index (χ4n) is 8.46. The van der Waals surface area contributed by atoms with Crippen LogP contribution < -0.4 is 39.0 Å². The molecule has 0 saturated carbocycles. The quantitative estimate of drug-likeness (QED) is 0.0595. The highest BCUT2D eigenvalue weighted by Crippen LogP contribution is 2.44. The van der Waals surface area contributed by atoms with Gasteiger partial charge in [-0.3, -0.25) is 28.5 Å². The lowest BCUT2D eigenvalue weighted by molar-refractivity contribution is 0.102. The molecule has 2 amide bonds. The topological polar surface area (TPSA) is 261 Å². The van der Waals surface area contributed by atoms with Gasteiger partial charge in [0.25, 0.3) is 51.9 Å². The van der Waals surface area contributed by atoms with Crippen LogP contribution in [0.4, 0.5) is 34.1 Å². The molecule has 0 fully saturated rings. The number of amides is 2. The minimum atomic E-state index is -4.34. The van der Waals surface area contributed by atoms with E-state index in [4.69, 9.17) is 9.47 Å². The second kappa shape index (κ2) is 19.0. The Labute approximate surface area is 427 Å². The van der Waals surface area contributed by atoms with Crippen molar-refractivity contribution < 1.29 is 52.7 Å². The molecule has 2 aliphatic heterocycles. The van der Waals surface area contributed by atoms with E-state index in [-0.39, 0.29) is 75.0 Å². The zero-order valence-corrected chi connectivity index (χ0v) is 43.5. The van der Waals surface area contributed by atoms with Crippen molar-refractivity contribution in [1.29, 1.82) is 0 Å². The van der Waals surface area contributed by atoms with Crippen LogP contribution in [0.25, 0.3) is 21.5 Å². The normalized spacial score (nSPS) is 12.9. The molecule has 0 aromatic heterocycles. The van der Waals surface area contributed by atoms with Crippen molar-refractivity contribution in [1.82, 2.24) is 0 Å². The Balaban J connectivity index is 0.000000182. The predicted molar refractivity (Wildman–Crippen MR) is 285 cm³/mol. The lowest BCUT2D eigenvalue weighted by Gasteiger charge is -2.16. The number of hydrogen-bond acceptors (Lipinski definition) is 12. The number of sulfonamides is 4. The van der Waals surface area contributed by atoms with E-state index < -0.39 is 51.9 Å². The second-order valence-corrected chi connectivity index (χ2v) is 23.9. The van der Waals surface area contributed by atoms with Crippen molar-refractivity contribution in [3.05, 3.63) is 167 Å². The summed E-state index contributed by atoms with van der Waals surface area (Å²) in [4.78, 5) is 24.1. The maximum atomic E-state index is 13.6. The molecule has 18 nitrogen and oxygen atoms in total. The third-order valence-corrected chi connectivity index (χ3v) is 18.2. The van der Waals surface area contributed by atoms with Crippen LogP contribution in [0.2, 0.25) is 0 Å². The molecule has 0 radical (unpaired) electrons. The van der Waals surface area contributed by atoms with E-state index in [0.29, 0.717) is 22.9 Å². The maximum absolute atomic E-state index is 13.6. The molecule has 8 aromatic carbocycles. The number of methoxy groups -OCH3 is 2. The highest BCUT2D eigenvalue weighted by Gasteiger charge is 2.36. The largest absolute Gasteiger partial charge is 0.497 e. The van der Waals surface area contributed by atoms with Gasteiger partial charge < -0.3 is 20.1 Å². The summed E-state index contributed by atoms with van der Waals surface area (Å²) in [6.45, 7) is 7.56. The van der Waals surface area contributed by atoms with E-state index in [0.717, 1.165) is 34.4 Å². The average Bonchev–Trinajstić information content (AvgIpc) is 3.88. The van der Waals surface area contributed by atoms with Crippen molar-refractivity contribution >= 4 is 108 Å². The number of nitrogens with one attached hydrogen (secondary N) is 6. The third kappa shape index (κ3) is 9.62. The summed E-state index contributed by atoms with van der Waals surface area (Å²) < 4.78 is 129. The van der Waals surface area contributed by atoms with E-state index in [9.17, 15) is 43.3 Å². The van der Waals surface area contributed by atoms with Gasteiger partial charge in [0.2, 0.25) is 0 Å². The molecular weight excluding hydrogens is 1030 g/mol. The van der Waals surface area contributed by atoms with Crippen molar-refractivity contribution in [2.75, 3.05) is 43.7 Å². The van der Waals surface area contributed by atoms with Crippen LogP contribution in [-0.2, 0) is 40.1 Å². The number of ether oxygens (including phenoxy) is 2. The van der Waals surface area contributed by atoms with Crippen molar-refractivity contribution in [2.24, 2.45) is 0 Å². The van der Waals surface area contributed by atoms with Gasteiger partial charge in [-0.15, -0.1) is 0 Å². The molecule has 0 saturated heterocycles. The Kier molecular flexibility index (Phi) is 13.0. The van der Waals surface area contributed by atoms with E-state index in [1.165, 1.54) is 56.7 Å². The van der Waals surface area contributed by atoms with Crippen LogP contribution in [-0.4, -0.2) is 59.7 Å². The van der Waals surface area contributed by atoms with Crippen LogP contribution in [0.1, 0.15) is 43.0 Å². The zero-order chi connectivity index (χ0) is 53.1. The van der Waals surface area contributed by atoms with Crippen molar-refractivity contribution in [3.63, 3.8) is 0 Å². The highest BCUT2D eigenvalue weighted by atomic mass is 32.2. The number of carbonyl (C=O) groups is 2. The van der Waals surface area contributed by atoms with Gasteiger partial charge >= 0.3 is 0 Å².